The lowest BCUT2D eigenvalue weighted by Crippen LogP contribution is -2.28. The van der Waals surface area contributed by atoms with E-state index in [4.69, 9.17) is 0 Å². The normalized spacial score (nSPS) is 12.0. The van der Waals surface area contributed by atoms with Crippen molar-refractivity contribution in [1.29, 1.82) is 0 Å². The first-order valence-corrected chi connectivity index (χ1v) is 10.2. The molecule has 1 aromatic heterocycles. The molecule has 1 heterocycles. The van der Waals surface area contributed by atoms with Gasteiger partial charge < -0.3 is 9.88 Å². The molecule has 5 heteroatoms. The molecule has 1 amide bonds. The number of imidazole rings is 1. The van der Waals surface area contributed by atoms with E-state index in [2.05, 4.69) is 40.6 Å². The molecular weight excluding hydrogens is 366 g/mol. The van der Waals surface area contributed by atoms with Crippen LogP contribution in [0.5, 0.6) is 0 Å². The molecule has 28 heavy (non-hydrogen) atoms. The zero-order chi connectivity index (χ0) is 19.3. The Labute approximate surface area is 168 Å². The number of nitrogens with one attached hydrogen (secondary N) is 1. The molecule has 0 radical (unpaired) electrons. The molecule has 4 aromatic rings. The van der Waals surface area contributed by atoms with Gasteiger partial charge in [-0.15, -0.1) is 11.8 Å². The molecule has 0 aliphatic carbocycles. The molecule has 140 valence electrons. The molecule has 1 N–H and O–H groups in total. The smallest absolute Gasteiger partial charge is 0.230 e. The summed E-state index contributed by atoms with van der Waals surface area (Å²) in [6, 6.07) is 22.6. The zero-order valence-corrected chi connectivity index (χ0v) is 16.4. The number of aromatic nitrogens is 2. The summed E-state index contributed by atoms with van der Waals surface area (Å²) >= 11 is 1.56. The van der Waals surface area contributed by atoms with Crippen molar-refractivity contribution < 1.29 is 4.79 Å². The fraction of sp³-hybridized carbons (Fsp3) is 0.130. The first-order valence-electron chi connectivity index (χ1n) is 9.18. The number of thioether (sulfide) groups is 1. The van der Waals surface area contributed by atoms with Gasteiger partial charge in [0.25, 0.3) is 0 Å². The number of rotatable bonds is 6. The molecule has 0 aliphatic rings. The summed E-state index contributed by atoms with van der Waals surface area (Å²) < 4.78 is 1.95. The molecule has 0 saturated carbocycles. The zero-order valence-electron chi connectivity index (χ0n) is 15.6. The molecule has 0 spiro atoms. The number of hydrogen-bond donors (Lipinski definition) is 1. The Hall–Kier alpha value is -3.05. The predicted octanol–water partition coefficient (Wildman–Crippen LogP) is 5.00. The number of carbonyl (C=O) groups excluding carboxylic acids is 1. The minimum Gasteiger partial charge on any atom is -0.349 e. The van der Waals surface area contributed by atoms with Crippen LogP contribution in [0.4, 0.5) is 0 Å². The van der Waals surface area contributed by atoms with Gasteiger partial charge in [0.05, 0.1) is 18.1 Å². The topological polar surface area (TPSA) is 46.9 Å². The maximum atomic E-state index is 12.4. The Morgan fingerprint density at radius 2 is 1.86 bits per heavy atom. The molecule has 0 aliphatic heterocycles. The highest BCUT2D eigenvalue weighted by atomic mass is 32.2. The van der Waals surface area contributed by atoms with Gasteiger partial charge in [0.2, 0.25) is 5.91 Å². The van der Waals surface area contributed by atoms with Crippen LogP contribution in [0, 0.1) is 0 Å². The van der Waals surface area contributed by atoms with Gasteiger partial charge >= 0.3 is 0 Å². The third kappa shape index (κ3) is 4.26. The second-order valence-corrected chi connectivity index (χ2v) is 7.70. The van der Waals surface area contributed by atoms with E-state index in [1.807, 2.05) is 54.1 Å². The third-order valence-electron chi connectivity index (χ3n) is 4.66. The molecular formula is C23H21N3OS. The van der Waals surface area contributed by atoms with Gasteiger partial charge in [-0.2, -0.15) is 0 Å². The van der Waals surface area contributed by atoms with Crippen LogP contribution in [0.3, 0.4) is 0 Å². The summed E-state index contributed by atoms with van der Waals surface area (Å²) in [5.74, 6) is 0.430. The monoisotopic (exact) mass is 387 g/mol. The third-order valence-corrected chi connectivity index (χ3v) is 5.66. The highest BCUT2D eigenvalue weighted by Crippen LogP contribution is 2.24. The maximum absolute atomic E-state index is 12.4. The second kappa shape index (κ2) is 8.31. The standard InChI is InChI=1S/C23H21N3OS/c1-17(18-6-9-21(10-7-18)26-13-12-24-16-26)25-23(27)15-28-22-11-8-19-4-2-3-5-20(19)14-22/h2-14,16-17H,15H2,1H3,(H,25,27). The van der Waals surface area contributed by atoms with Gasteiger partial charge in [-0.1, -0.05) is 42.5 Å². The van der Waals surface area contributed by atoms with E-state index in [0.717, 1.165) is 16.1 Å². The molecule has 0 saturated heterocycles. The number of hydrogen-bond acceptors (Lipinski definition) is 3. The second-order valence-electron chi connectivity index (χ2n) is 6.65. The maximum Gasteiger partial charge on any atom is 0.230 e. The Bertz CT molecular complexity index is 1070. The lowest BCUT2D eigenvalue weighted by molar-refractivity contribution is -0.119. The Morgan fingerprint density at radius 1 is 1.07 bits per heavy atom. The SMILES string of the molecule is CC(NC(=O)CSc1ccc2ccccc2c1)c1ccc(-n2ccnc2)cc1. The van der Waals surface area contributed by atoms with Crippen LogP contribution >= 0.6 is 11.8 Å². The van der Waals surface area contributed by atoms with Crippen LogP contribution in [-0.2, 0) is 4.79 Å². The lowest BCUT2D eigenvalue weighted by Gasteiger charge is -2.15. The molecule has 4 rings (SSSR count). The molecule has 1 unspecified atom stereocenters. The summed E-state index contributed by atoms with van der Waals surface area (Å²) in [4.78, 5) is 17.5. The number of carbonyl (C=O) groups is 1. The lowest BCUT2D eigenvalue weighted by atomic mass is 10.1. The fourth-order valence-corrected chi connectivity index (χ4v) is 3.88. The van der Waals surface area contributed by atoms with Crippen molar-refractivity contribution in [1.82, 2.24) is 14.9 Å². The summed E-state index contributed by atoms with van der Waals surface area (Å²) in [7, 11) is 0. The van der Waals surface area contributed by atoms with Gasteiger partial charge in [-0.05, 0) is 47.5 Å². The van der Waals surface area contributed by atoms with Gasteiger partial charge in [0.1, 0.15) is 0 Å². The van der Waals surface area contributed by atoms with Crippen molar-refractivity contribution in [3.8, 4) is 5.69 Å². The molecule has 0 bridgehead atoms. The van der Waals surface area contributed by atoms with Crippen molar-refractivity contribution in [2.24, 2.45) is 0 Å². The van der Waals surface area contributed by atoms with Crippen molar-refractivity contribution in [2.75, 3.05) is 5.75 Å². The first-order chi connectivity index (χ1) is 13.7. The van der Waals surface area contributed by atoms with E-state index in [1.165, 1.54) is 10.8 Å². The molecule has 1 atom stereocenters. The van der Waals surface area contributed by atoms with Crippen LogP contribution in [0.1, 0.15) is 18.5 Å². The van der Waals surface area contributed by atoms with Crippen LogP contribution in [0.2, 0.25) is 0 Å². The van der Waals surface area contributed by atoms with Crippen LogP contribution in [-0.4, -0.2) is 21.2 Å². The molecule has 4 nitrogen and oxygen atoms in total. The highest BCUT2D eigenvalue weighted by Gasteiger charge is 2.10. The highest BCUT2D eigenvalue weighted by molar-refractivity contribution is 8.00. The predicted molar refractivity (Wildman–Crippen MR) is 115 cm³/mol. The largest absolute Gasteiger partial charge is 0.349 e. The van der Waals surface area contributed by atoms with E-state index < -0.39 is 0 Å². The average molecular weight is 388 g/mol. The minimum absolute atomic E-state index is 0.0318. The van der Waals surface area contributed by atoms with E-state index in [0.29, 0.717) is 5.75 Å². The fourth-order valence-electron chi connectivity index (χ4n) is 3.12. The summed E-state index contributed by atoms with van der Waals surface area (Å²) in [6.07, 6.45) is 5.43. The molecule has 0 fully saturated rings. The van der Waals surface area contributed by atoms with Gasteiger partial charge in [0, 0.05) is 23.0 Å². The number of nitrogens with zero attached hydrogens (tertiary/aromatic N) is 2. The quantitative estimate of drug-likeness (QED) is 0.474. The Morgan fingerprint density at radius 3 is 2.61 bits per heavy atom. The van der Waals surface area contributed by atoms with E-state index in [1.54, 1.807) is 24.3 Å². The van der Waals surface area contributed by atoms with Crippen molar-refractivity contribution in [2.45, 2.75) is 17.9 Å². The first kappa shape index (κ1) is 18.3. The van der Waals surface area contributed by atoms with E-state index in [9.17, 15) is 4.79 Å². The summed E-state index contributed by atoms with van der Waals surface area (Å²) in [6.45, 7) is 2.00. The molecule has 3 aromatic carbocycles. The number of benzene rings is 3. The van der Waals surface area contributed by atoms with E-state index in [-0.39, 0.29) is 11.9 Å². The van der Waals surface area contributed by atoms with Crippen molar-refractivity contribution in [3.63, 3.8) is 0 Å². The minimum atomic E-state index is -0.0402. The number of amides is 1. The van der Waals surface area contributed by atoms with Crippen molar-refractivity contribution >= 4 is 28.4 Å². The van der Waals surface area contributed by atoms with Crippen LogP contribution in [0.15, 0.2) is 90.3 Å². The number of fused-ring (bicyclic) bond motifs is 1. The summed E-state index contributed by atoms with van der Waals surface area (Å²) in [5.41, 5.74) is 2.12. The van der Waals surface area contributed by atoms with Gasteiger partial charge in [0.15, 0.2) is 0 Å². The Kier molecular flexibility index (Phi) is 5.44. The van der Waals surface area contributed by atoms with Crippen molar-refractivity contribution in [3.05, 3.63) is 91.0 Å². The van der Waals surface area contributed by atoms with Gasteiger partial charge in [-0.3, -0.25) is 4.79 Å². The van der Waals surface area contributed by atoms with E-state index >= 15 is 0 Å². The van der Waals surface area contributed by atoms with Gasteiger partial charge in [-0.25, -0.2) is 4.98 Å². The van der Waals surface area contributed by atoms with Crippen LogP contribution in [0.25, 0.3) is 16.5 Å². The summed E-state index contributed by atoms with van der Waals surface area (Å²) in [5, 5.41) is 5.48. The van der Waals surface area contributed by atoms with Crippen LogP contribution < -0.4 is 5.32 Å². The average Bonchev–Trinajstić information content (AvgIpc) is 3.27. The Balaban J connectivity index is 1.33.